The third-order valence-electron chi connectivity index (χ3n) is 13.0. The van der Waals surface area contributed by atoms with E-state index in [0.29, 0.717) is 35.5 Å². The van der Waals surface area contributed by atoms with Gasteiger partial charge in [0.1, 0.15) is 47.9 Å². The highest BCUT2D eigenvalue weighted by atomic mass is 79.9. The van der Waals surface area contributed by atoms with Crippen LogP contribution < -0.4 is 20.9 Å². The summed E-state index contributed by atoms with van der Waals surface area (Å²) in [5.74, 6) is -1.88. The molecule has 0 radical (unpaired) electrons. The number of hydrogen-bond donors (Lipinski definition) is 6. The molecule has 0 amide bonds. The summed E-state index contributed by atoms with van der Waals surface area (Å²) in [5, 5.41) is 47.7. The fraction of sp³-hybridized carbons (Fsp3) is 0.388. The molecule has 1 saturated heterocycles. The summed E-state index contributed by atoms with van der Waals surface area (Å²) >= 11 is 3.32. The number of aliphatic hydroxyl groups excluding tert-OH is 2. The molecule has 26 nitrogen and oxygen atoms in total. The van der Waals surface area contributed by atoms with Crippen LogP contribution in [0.15, 0.2) is 120 Å². The zero-order valence-corrected chi connectivity index (χ0v) is 47.7. The summed E-state index contributed by atoms with van der Waals surface area (Å²) in [6.07, 6.45) is 5.69. The van der Waals surface area contributed by atoms with Crippen LogP contribution >= 0.6 is 15.9 Å². The maximum atomic E-state index is 13.5. The van der Waals surface area contributed by atoms with Gasteiger partial charge in [-0.25, -0.2) is 34.4 Å². The summed E-state index contributed by atoms with van der Waals surface area (Å²) in [6.45, 7) is 7.24. The molecule has 2 unspecified atom stereocenters. The number of nitrogens with zero attached hydrogens (tertiary/aromatic N) is 8. The van der Waals surface area contributed by atoms with Crippen molar-refractivity contribution in [3.8, 4) is 0 Å². The highest BCUT2D eigenvalue weighted by Crippen LogP contribution is 2.43. The van der Waals surface area contributed by atoms with Crippen molar-refractivity contribution in [3.05, 3.63) is 144 Å². The second-order valence-corrected chi connectivity index (χ2v) is 25.3. The van der Waals surface area contributed by atoms with Crippen LogP contribution in [0.25, 0.3) is 0 Å². The van der Waals surface area contributed by atoms with E-state index in [2.05, 4.69) is 67.5 Å². The van der Waals surface area contributed by atoms with Gasteiger partial charge in [-0.3, -0.25) is 31.5 Å². The number of halogens is 1. The van der Waals surface area contributed by atoms with E-state index < -0.39 is 96.8 Å². The number of ketones is 2. The second-order valence-electron chi connectivity index (χ2n) is 19.1. The van der Waals surface area contributed by atoms with Crippen molar-refractivity contribution in [1.82, 2.24) is 39.5 Å². The molecule has 8 N–H and O–H groups in total. The molecule has 80 heavy (non-hydrogen) atoms. The Labute approximate surface area is 473 Å². The number of ether oxygens (including phenoxy) is 2. The number of anilines is 2. The monoisotopic (exact) mass is 1240 g/mol. The molecule has 31 heteroatoms. The van der Waals surface area contributed by atoms with Gasteiger partial charge < -0.3 is 30.3 Å². The smallest absolute Gasteiger partial charge is 0.333 e. The van der Waals surface area contributed by atoms with Crippen LogP contribution in [0.3, 0.4) is 0 Å². The molecule has 0 bridgehead atoms. The number of carbonyl (C=O) groups is 2. The predicted octanol–water partition coefficient (Wildman–Crippen LogP) is 1.94. The van der Waals surface area contributed by atoms with E-state index >= 15 is 0 Å². The minimum absolute atomic E-state index is 0.0899. The maximum absolute atomic E-state index is 13.5. The number of nitrogens with one attached hydrogen (secondary N) is 2. The number of alkyl halides is 1. The Hall–Kier alpha value is -5.94. The van der Waals surface area contributed by atoms with Crippen LogP contribution in [-0.2, 0) is 73.1 Å². The highest BCUT2D eigenvalue weighted by molar-refractivity contribution is 9.09. The number of fused-ring (bicyclic) bond motifs is 1. The second kappa shape index (κ2) is 25.9. The standard InChI is InChI=1S/C26H31BrN6O7S2.C23H26N6O7S2/c1-26(2)39-23-17(14-38-42(28,36)37)11-21(24(23)40-26)31-25-19(12-29-15-30-25)22(34)20-6-8-33(32-20)13-16-4-3-5-18(10-16)41(35)9-7-27;1-2-37(33)16-5-3-4-14(8-16)11-29-7-6-18(28-29)21(31)17-10-25-13-26-23(17)27-19-9-15(20(30)22(19)32)12-36-38(24,34)35/h3-6,8,10,12,15,17,21,23-24H,7,9,11,13-14H2,1-2H3,(H2,28,36,37)(H,29,30,31);2-8,10,13,15,19-20,22,30,32H,1,9,11-12H2,(H2,24,34,35)(H,25,26,27)/t17-,21-,23-,24+,41?;15-,19-,20-,22+,37?/m11/s1. The van der Waals surface area contributed by atoms with E-state index in [1.807, 2.05) is 30.3 Å². The van der Waals surface area contributed by atoms with Crippen molar-refractivity contribution in [2.45, 2.75) is 91.9 Å². The van der Waals surface area contributed by atoms with Gasteiger partial charge in [0.15, 0.2) is 5.79 Å². The third-order valence-corrected chi connectivity index (χ3v) is 17.2. The number of aliphatic hydroxyl groups is 2. The predicted molar refractivity (Wildman–Crippen MR) is 293 cm³/mol. The first-order valence-corrected chi connectivity index (χ1v) is 31.1. The Balaban J connectivity index is 0.000000211. The van der Waals surface area contributed by atoms with Gasteiger partial charge in [-0.2, -0.15) is 27.0 Å². The molecule has 2 saturated carbocycles. The van der Waals surface area contributed by atoms with E-state index in [0.717, 1.165) is 16.0 Å². The molecule has 6 aromatic rings. The molecule has 3 aliphatic rings. The lowest BCUT2D eigenvalue weighted by Gasteiger charge is -2.24. The van der Waals surface area contributed by atoms with E-state index in [1.54, 1.807) is 65.9 Å². The molecular formula is C49H57BrN12O14S4. The zero-order valence-electron chi connectivity index (χ0n) is 42.8. The van der Waals surface area contributed by atoms with Crippen LogP contribution in [0, 0.1) is 11.8 Å². The molecule has 428 valence electrons. The SMILES string of the molecule is C=CS(=O)c1cccc(Cn2ccc(C(=O)c3cncnc3N[C@@H]3C[C@H](COS(N)(=O)=O)[C@@H](O)[C@H]3O)n2)c1.CC1(C)O[C@@H]2[C@@H](COS(N)(=O)=O)C[C@@H](Nc3ncncc3C(=O)c3ccn(Cc4cccc(S(=O)CCBr)c4)n3)[C@@H]2O1. The van der Waals surface area contributed by atoms with Crippen molar-refractivity contribution >= 4 is 81.3 Å². The molecule has 10 atom stereocenters. The number of benzene rings is 2. The molecule has 1 aliphatic heterocycles. The quantitative estimate of drug-likeness (QED) is 0.0394. The average Bonchev–Trinajstić information content (AvgIpc) is 4.28. The minimum Gasteiger partial charge on any atom is -0.390 e. The molecule has 5 heterocycles. The fourth-order valence-electron chi connectivity index (χ4n) is 9.39. The minimum atomic E-state index is -4.21. The van der Waals surface area contributed by atoms with Crippen molar-refractivity contribution in [3.63, 3.8) is 0 Å². The van der Waals surface area contributed by atoms with Crippen molar-refractivity contribution in [2.24, 2.45) is 22.1 Å². The number of rotatable bonds is 23. The lowest BCUT2D eigenvalue weighted by atomic mass is 10.1. The number of aromatic nitrogens is 8. The topological polar surface area (TPSA) is 377 Å². The zero-order chi connectivity index (χ0) is 57.5. The first-order valence-electron chi connectivity index (χ1n) is 24.5. The van der Waals surface area contributed by atoms with Gasteiger partial charge in [0.25, 0.3) is 0 Å². The molecule has 2 aliphatic carbocycles. The average molecular weight is 1250 g/mol. The summed E-state index contributed by atoms with van der Waals surface area (Å²) in [6, 6.07) is 16.6. The number of nitrogens with two attached hydrogens (primary N) is 2. The van der Waals surface area contributed by atoms with Crippen molar-refractivity contribution < 1.29 is 62.9 Å². The first kappa shape index (κ1) is 60.2. The molecule has 9 rings (SSSR count). The van der Waals surface area contributed by atoms with E-state index in [9.17, 15) is 45.1 Å². The molecule has 0 spiro atoms. The van der Waals surface area contributed by atoms with E-state index in [-0.39, 0.29) is 64.9 Å². The third kappa shape index (κ3) is 15.5. The lowest BCUT2D eigenvalue weighted by Crippen LogP contribution is -2.36. The first-order chi connectivity index (χ1) is 38.0. The van der Waals surface area contributed by atoms with Gasteiger partial charge in [0, 0.05) is 62.9 Å². The Bertz CT molecular complexity index is 3500. The normalized spacial score (nSPS) is 23.1. The largest absolute Gasteiger partial charge is 0.390 e. The Kier molecular flexibility index (Phi) is 19.5. The van der Waals surface area contributed by atoms with Crippen LogP contribution in [0.4, 0.5) is 11.6 Å². The number of carbonyl (C=O) groups excluding carboxylic acids is 2. The molecule has 2 aromatic carbocycles. The van der Waals surface area contributed by atoms with Crippen LogP contribution in [0.2, 0.25) is 0 Å². The van der Waals surface area contributed by atoms with Gasteiger partial charge in [0.05, 0.1) is 83.3 Å². The highest BCUT2D eigenvalue weighted by Gasteiger charge is 2.54. The Morgan fingerprint density at radius 3 is 1.81 bits per heavy atom. The van der Waals surface area contributed by atoms with Crippen molar-refractivity contribution in [1.29, 1.82) is 0 Å². The number of hydrogen-bond acceptors (Lipinski definition) is 22. The fourth-order valence-corrected chi connectivity index (χ4v) is 12.6. The van der Waals surface area contributed by atoms with Crippen molar-refractivity contribution in [2.75, 3.05) is 34.9 Å². The van der Waals surface area contributed by atoms with E-state index in [4.69, 9.17) is 23.9 Å². The van der Waals surface area contributed by atoms with Gasteiger partial charge in [-0.1, -0.05) is 46.8 Å². The Morgan fingerprint density at radius 1 is 0.775 bits per heavy atom. The maximum Gasteiger partial charge on any atom is 0.333 e. The van der Waals surface area contributed by atoms with E-state index in [1.165, 1.54) is 30.5 Å². The van der Waals surface area contributed by atoms with Gasteiger partial charge in [0.2, 0.25) is 11.6 Å². The lowest BCUT2D eigenvalue weighted by molar-refractivity contribution is -0.158. The molecule has 4 aromatic heterocycles. The Morgan fingerprint density at radius 2 is 1.27 bits per heavy atom. The van der Waals surface area contributed by atoms with Gasteiger partial charge in [-0.05, 0) is 74.2 Å². The van der Waals surface area contributed by atoms with Crippen LogP contribution in [-0.4, -0.2) is 153 Å². The van der Waals surface area contributed by atoms with Gasteiger partial charge in [-0.15, -0.1) is 0 Å². The molecular weight excluding hydrogens is 1190 g/mol. The summed E-state index contributed by atoms with van der Waals surface area (Å²) < 4.78 is 94.1. The summed E-state index contributed by atoms with van der Waals surface area (Å²) in [5.41, 5.74) is 2.37. The summed E-state index contributed by atoms with van der Waals surface area (Å²) in [4.78, 5) is 44.5. The molecule has 3 fully saturated rings. The summed E-state index contributed by atoms with van der Waals surface area (Å²) in [7, 11) is -10.8. The van der Waals surface area contributed by atoms with Crippen LogP contribution in [0.5, 0.6) is 0 Å². The van der Waals surface area contributed by atoms with Gasteiger partial charge >= 0.3 is 20.6 Å². The van der Waals surface area contributed by atoms with Crippen LogP contribution in [0.1, 0.15) is 69.9 Å².